The predicted octanol–water partition coefficient (Wildman–Crippen LogP) is 3.72. The highest BCUT2D eigenvalue weighted by Gasteiger charge is 2.43. The number of aromatic nitrogens is 2. The number of ether oxygens (including phenoxy) is 2. The van der Waals surface area contributed by atoms with Crippen LogP contribution >= 0.6 is 24.2 Å². The van der Waals surface area contributed by atoms with Gasteiger partial charge in [0.25, 0.3) is 17.0 Å². The average Bonchev–Trinajstić information content (AvgIpc) is 3.57. The van der Waals surface area contributed by atoms with Crippen LogP contribution in [0.5, 0.6) is 11.5 Å². The molecule has 1 aromatic heterocycles. The number of benzene rings is 1. The smallest absolute Gasteiger partial charge is 0.286 e. The Labute approximate surface area is 244 Å². The molecule has 2 N–H and O–H groups in total. The quantitative estimate of drug-likeness (QED) is 0.276. The molecule has 2 aliphatic rings. The van der Waals surface area contributed by atoms with Gasteiger partial charge in [0.2, 0.25) is 18.5 Å². The zero-order chi connectivity index (χ0) is 28.0. The van der Waals surface area contributed by atoms with Crippen molar-refractivity contribution in [2.75, 3.05) is 33.2 Å². The Hall–Kier alpha value is -2.83. The van der Waals surface area contributed by atoms with Gasteiger partial charge >= 0.3 is 0 Å². The molecule has 0 saturated heterocycles. The maximum Gasteiger partial charge on any atom is 0.286 e. The number of nitrogens with zero attached hydrogens (tertiary/aromatic N) is 3. The molecule has 1 saturated carbocycles. The van der Waals surface area contributed by atoms with Crippen molar-refractivity contribution in [2.45, 2.75) is 69.2 Å². The van der Waals surface area contributed by atoms with E-state index >= 15 is 0 Å². The molecule has 0 spiro atoms. The number of hydrogen-bond acceptors (Lipinski definition) is 10. The van der Waals surface area contributed by atoms with Gasteiger partial charge in [-0.1, -0.05) is 44.9 Å². The minimum atomic E-state index is -1.14. The van der Waals surface area contributed by atoms with E-state index in [1.165, 1.54) is 11.8 Å². The highest BCUT2D eigenvalue weighted by molar-refractivity contribution is 7.99. The molecule has 2 heterocycles. The molecular weight excluding hydrogens is 558 g/mol. The molecule has 220 valence electrons. The number of amides is 2. The Morgan fingerprint density at radius 1 is 1.07 bits per heavy atom. The van der Waals surface area contributed by atoms with Crippen LogP contribution in [0.25, 0.3) is 0 Å². The van der Waals surface area contributed by atoms with Gasteiger partial charge in [-0.3, -0.25) is 14.4 Å². The Bertz CT molecular complexity index is 1180. The summed E-state index contributed by atoms with van der Waals surface area (Å²) < 4.78 is 16.4. The molecule has 1 fully saturated rings. The van der Waals surface area contributed by atoms with Gasteiger partial charge in [0.05, 0.1) is 6.04 Å². The van der Waals surface area contributed by atoms with Crippen LogP contribution in [0, 0.1) is 5.92 Å². The number of nitrogens with one attached hydrogen (secondary N) is 2. The third kappa shape index (κ3) is 7.88. The van der Waals surface area contributed by atoms with E-state index < -0.39 is 17.4 Å². The van der Waals surface area contributed by atoms with Crippen molar-refractivity contribution < 1.29 is 28.3 Å². The molecule has 2 amide bonds. The third-order valence-electron chi connectivity index (χ3n) is 6.84. The number of thioether (sulfide) groups is 1. The lowest BCUT2D eigenvalue weighted by atomic mass is 9.80. The van der Waals surface area contributed by atoms with Crippen LogP contribution in [-0.2, 0) is 4.79 Å². The maximum absolute atomic E-state index is 13.8. The standard InChI is InChI=1S/C27H37N5O6S.ClH/c1-17(2)14-19(22(33)24-30-31-26(38-24)39-13-12-32(3)4)28-25(35)27(10-6-5-7-11-27)29-23(34)18-8-9-20-21(15-18)37-16-36-20;/h8-9,15,17,19H,5-7,10-14,16H2,1-4H3,(H,28,35)(H,29,34);1H. The zero-order valence-electron chi connectivity index (χ0n) is 23.4. The zero-order valence-corrected chi connectivity index (χ0v) is 25.0. The molecule has 0 radical (unpaired) electrons. The summed E-state index contributed by atoms with van der Waals surface area (Å²) in [6.07, 6.45) is 3.89. The van der Waals surface area contributed by atoms with Crippen LogP contribution in [0.4, 0.5) is 0 Å². The number of halogens is 1. The van der Waals surface area contributed by atoms with E-state index in [0.717, 1.165) is 31.6 Å². The number of Topliss-reactive ketones (excluding diaryl/α,β-unsaturated/α-hetero) is 1. The number of hydrogen-bond donors (Lipinski definition) is 2. The second-order valence-electron chi connectivity index (χ2n) is 10.7. The van der Waals surface area contributed by atoms with Crippen molar-refractivity contribution in [2.24, 2.45) is 5.92 Å². The number of carbonyl (C=O) groups excluding carboxylic acids is 3. The third-order valence-corrected chi connectivity index (χ3v) is 7.64. The Morgan fingerprint density at radius 2 is 1.80 bits per heavy atom. The minimum Gasteiger partial charge on any atom is -0.454 e. The predicted molar refractivity (Wildman–Crippen MR) is 152 cm³/mol. The first-order chi connectivity index (χ1) is 18.7. The van der Waals surface area contributed by atoms with Gasteiger partial charge in [0.1, 0.15) is 5.54 Å². The second-order valence-corrected chi connectivity index (χ2v) is 11.8. The highest BCUT2D eigenvalue weighted by atomic mass is 35.5. The molecule has 1 aliphatic heterocycles. The van der Waals surface area contributed by atoms with Gasteiger partial charge < -0.3 is 29.4 Å². The van der Waals surface area contributed by atoms with Crippen molar-refractivity contribution in [3.8, 4) is 11.5 Å². The molecule has 4 rings (SSSR count). The number of ketones is 1. The second kappa shape index (κ2) is 14.2. The monoisotopic (exact) mass is 595 g/mol. The molecule has 40 heavy (non-hydrogen) atoms. The van der Waals surface area contributed by atoms with Crippen molar-refractivity contribution in [3.63, 3.8) is 0 Å². The summed E-state index contributed by atoms with van der Waals surface area (Å²) in [5.41, 5.74) is -0.763. The van der Waals surface area contributed by atoms with Crippen molar-refractivity contribution >= 4 is 41.8 Å². The summed E-state index contributed by atoms with van der Waals surface area (Å²) in [7, 11) is 3.94. The Kier molecular flexibility index (Phi) is 11.2. The minimum absolute atomic E-state index is 0. The largest absolute Gasteiger partial charge is 0.454 e. The summed E-state index contributed by atoms with van der Waals surface area (Å²) in [6, 6.07) is 4.07. The molecule has 13 heteroatoms. The van der Waals surface area contributed by atoms with E-state index in [-0.39, 0.29) is 42.8 Å². The van der Waals surface area contributed by atoms with Gasteiger partial charge in [-0.15, -0.1) is 22.6 Å². The fraction of sp³-hybridized carbons (Fsp3) is 0.593. The molecule has 11 nitrogen and oxygen atoms in total. The fourth-order valence-electron chi connectivity index (χ4n) is 4.72. The van der Waals surface area contributed by atoms with Gasteiger partial charge in [-0.05, 0) is 57.5 Å². The Balaban J connectivity index is 0.00000441. The van der Waals surface area contributed by atoms with Crippen molar-refractivity contribution in [1.82, 2.24) is 25.7 Å². The molecular formula is C27H38ClN5O6S. The number of fused-ring (bicyclic) bond motifs is 1. The van der Waals surface area contributed by atoms with E-state index in [2.05, 4.69) is 20.8 Å². The molecule has 1 aromatic carbocycles. The average molecular weight is 596 g/mol. The Morgan fingerprint density at radius 3 is 2.50 bits per heavy atom. The van der Waals surface area contributed by atoms with E-state index in [1.54, 1.807) is 18.2 Å². The molecule has 0 bridgehead atoms. The van der Waals surface area contributed by atoms with Gasteiger partial charge in [-0.25, -0.2) is 0 Å². The summed E-state index contributed by atoms with van der Waals surface area (Å²) in [6.45, 7) is 4.87. The normalized spacial score (nSPS) is 16.4. The SMILES string of the molecule is CC(C)CC(NC(=O)C1(NC(=O)c2ccc3c(c2)OCO3)CCCCC1)C(=O)c1nnc(SCCN(C)C)o1.Cl. The lowest BCUT2D eigenvalue weighted by molar-refractivity contribution is -0.129. The van der Waals surface area contributed by atoms with Crippen molar-refractivity contribution in [1.29, 1.82) is 0 Å². The van der Waals surface area contributed by atoms with Gasteiger partial charge in [0, 0.05) is 17.9 Å². The van der Waals surface area contributed by atoms with Crippen LogP contribution in [-0.4, -0.2) is 77.5 Å². The first-order valence-corrected chi connectivity index (χ1v) is 14.3. The van der Waals surface area contributed by atoms with Crippen LogP contribution in [0.15, 0.2) is 27.8 Å². The summed E-state index contributed by atoms with van der Waals surface area (Å²) in [5, 5.41) is 14.2. The summed E-state index contributed by atoms with van der Waals surface area (Å²) in [5.74, 6) is 0.594. The molecule has 1 aliphatic carbocycles. The van der Waals surface area contributed by atoms with Gasteiger partial charge in [-0.2, -0.15) is 0 Å². The molecule has 1 atom stereocenters. The van der Waals surface area contributed by atoms with E-state index in [1.807, 2.05) is 32.8 Å². The van der Waals surface area contributed by atoms with Crippen LogP contribution in [0.2, 0.25) is 0 Å². The fourth-order valence-corrected chi connectivity index (χ4v) is 5.59. The first kappa shape index (κ1) is 31.7. The van der Waals surface area contributed by atoms with Crippen LogP contribution in [0.3, 0.4) is 0 Å². The van der Waals surface area contributed by atoms with E-state index in [0.29, 0.717) is 41.5 Å². The van der Waals surface area contributed by atoms with E-state index in [9.17, 15) is 14.4 Å². The summed E-state index contributed by atoms with van der Waals surface area (Å²) >= 11 is 1.37. The maximum atomic E-state index is 13.8. The highest BCUT2D eigenvalue weighted by Crippen LogP contribution is 2.34. The lowest BCUT2D eigenvalue weighted by Gasteiger charge is -2.37. The first-order valence-electron chi connectivity index (χ1n) is 13.4. The van der Waals surface area contributed by atoms with Crippen LogP contribution < -0.4 is 20.1 Å². The molecule has 1 unspecified atom stereocenters. The topological polar surface area (TPSA) is 136 Å². The van der Waals surface area contributed by atoms with Crippen LogP contribution in [0.1, 0.15) is 73.4 Å². The van der Waals surface area contributed by atoms with Crippen molar-refractivity contribution in [3.05, 3.63) is 29.7 Å². The van der Waals surface area contributed by atoms with Gasteiger partial charge in [0.15, 0.2) is 11.5 Å². The van der Waals surface area contributed by atoms with E-state index in [4.69, 9.17) is 13.9 Å². The number of carbonyl (C=O) groups is 3. The molecule has 2 aromatic rings. The lowest BCUT2D eigenvalue weighted by Crippen LogP contribution is -2.62. The summed E-state index contributed by atoms with van der Waals surface area (Å²) in [4.78, 5) is 42.5. The number of rotatable bonds is 12.